The predicted molar refractivity (Wildman–Crippen MR) is 125 cm³/mol. The molecule has 0 aliphatic carbocycles. The molecule has 2 aromatic carbocycles. The van der Waals surface area contributed by atoms with Crippen molar-refractivity contribution in [3.63, 3.8) is 0 Å². The highest BCUT2D eigenvalue weighted by molar-refractivity contribution is 8.13. The van der Waals surface area contributed by atoms with Crippen molar-refractivity contribution in [2.24, 2.45) is 5.92 Å². The number of carbonyl (C=O) groups excluding carboxylic acids is 3. The van der Waals surface area contributed by atoms with E-state index in [1.54, 1.807) is 18.9 Å². The molecule has 0 saturated carbocycles. The van der Waals surface area contributed by atoms with Crippen LogP contribution in [-0.2, 0) is 25.6 Å². The summed E-state index contributed by atoms with van der Waals surface area (Å²) in [5, 5.41) is -0.0649. The fraction of sp³-hybridized carbons (Fsp3) is 0.320. The summed E-state index contributed by atoms with van der Waals surface area (Å²) in [5.41, 5.74) is 0.912. The monoisotopic (exact) mass is 469 g/mol. The fourth-order valence-electron chi connectivity index (χ4n) is 3.72. The van der Waals surface area contributed by atoms with Crippen LogP contribution >= 0.6 is 11.8 Å². The topological polar surface area (TPSA) is 82.1 Å². The maximum absolute atomic E-state index is 13.0. The van der Waals surface area contributed by atoms with Crippen LogP contribution in [0.3, 0.4) is 0 Å². The standard InChI is InChI=1S/C25H27NO6S/c1-4-14-31-25(29)32-17(2)23-21(15-22(27)33-20-8-6-5-7-9-20)26(24(23)28)16-18-10-12-19(30-3)13-11-18/h4-13,17,21,23H,1,14-16H2,2-3H3/t17-,21-,23-/m1/s1. The van der Waals surface area contributed by atoms with Crippen molar-refractivity contribution in [1.82, 2.24) is 4.90 Å². The van der Waals surface area contributed by atoms with Gasteiger partial charge in [-0.15, -0.1) is 0 Å². The van der Waals surface area contributed by atoms with Crippen molar-refractivity contribution in [2.75, 3.05) is 13.7 Å². The van der Waals surface area contributed by atoms with E-state index < -0.39 is 24.2 Å². The molecule has 0 unspecified atom stereocenters. The second kappa shape index (κ2) is 11.6. The normalized spacial score (nSPS) is 18.1. The number of rotatable bonds is 10. The van der Waals surface area contributed by atoms with Gasteiger partial charge in [0.05, 0.1) is 19.1 Å². The highest BCUT2D eigenvalue weighted by Gasteiger charge is 2.51. The van der Waals surface area contributed by atoms with E-state index in [-0.39, 0.29) is 24.1 Å². The summed E-state index contributed by atoms with van der Waals surface area (Å²) in [6.07, 6.45) is -0.0325. The molecule has 1 aliphatic rings. The minimum atomic E-state index is -0.868. The molecule has 0 radical (unpaired) electrons. The van der Waals surface area contributed by atoms with E-state index in [0.29, 0.717) is 6.54 Å². The first-order chi connectivity index (χ1) is 15.9. The van der Waals surface area contributed by atoms with E-state index in [4.69, 9.17) is 14.2 Å². The number of amides is 1. The third kappa shape index (κ3) is 6.38. The molecule has 174 valence electrons. The molecule has 33 heavy (non-hydrogen) atoms. The van der Waals surface area contributed by atoms with Gasteiger partial charge in [-0.05, 0) is 36.8 Å². The lowest BCUT2D eigenvalue weighted by Crippen LogP contribution is -2.64. The SMILES string of the molecule is C=CCOC(=O)O[C@H](C)[C@H]1C(=O)N(Cc2ccc(OC)cc2)[C@@H]1CC(=O)Sc1ccccc1. The van der Waals surface area contributed by atoms with Crippen molar-refractivity contribution in [3.8, 4) is 5.75 Å². The molecule has 0 N–H and O–H groups in total. The van der Waals surface area contributed by atoms with Gasteiger partial charge in [0.1, 0.15) is 18.5 Å². The Morgan fingerprint density at radius 3 is 2.48 bits per heavy atom. The minimum Gasteiger partial charge on any atom is -0.497 e. The van der Waals surface area contributed by atoms with Gasteiger partial charge in [0.25, 0.3) is 0 Å². The summed E-state index contributed by atoms with van der Waals surface area (Å²) in [6.45, 7) is 5.49. The van der Waals surface area contributed by atoms with Gasteiger partial charge in [-0.3, -0.25) is 9.59 Å². The van der Waals surface area contributed by atoms with Crippen LogP contribution < -0.4 is 4.74 Å². The number of methoxy groups -OCH3 is 1. The predicted octanol–water partition coefficient (Wildman–Crippen LogP) is 4.46. The van der Waals surface area contributed by atoms with Gasteiger partial charge < -0.3 is 19.1 Å². The summed E-state index contributed by atoms with van der Waals surface area (Å²) in [4.78, 5) is 40.2. The Hall–Kier alpha value is -3.26. The smallest absolute Gasteiger partial charge is 0.497 e. The molecule has 0 aromatic heterocycles. The lowest BCUT2D eigenvalue weighted by molar-refractivity contribution is -0.166. The van der Waals surface area contributed by atoms with Crippen molar-refractivity contribution in [3.05, 3.63) is 72.8 Å². The molecule has 1 aliphatic heterocycles. The van der Waals surface area contributed by atoms with Crippen LogP contribution in [0, 0.1) is 5.92 Å². The molecule has 1 heterocycles. The summed E-state index contributed by atoms with van der Waals surface area (Å²) in [6, 6.07) is 16.4. The van der Waals surface area contributed by atoms with Gasteiger partial charge >= 0.3 is 6.16 Å². The number of hydrogen-bond donors (Lipinski definition) is 0. The number of benzene rings is 2. The lowest BCUT2D eigenvalue weighted by Gasteiger charge is -2.48. The first kappa shape index (κ1) is 24.4. The quantitative estimate of drug-likeness (QED) is 0.220. The van der Waals surface area contributed by atoms with Crippen molar-refractivity contribution in [1.29, 1.82) is 0 Å². The van der Waals surface area contributed by atoms with Gasteiger partial charge in [0.15, 0.2) is 5.12 Å². The van der Waals surface area contributed by atoms with Gasteiger partial charge in [-0.25, -0.2) is 4.79 Å². The number of β-lactam (4-membered cyclic amide) rings is 1. The van der Waals surface area contributed by atoms with Crippen molar-refractivity contribution < 1.29 is 28.6 Å². The first-order valence-corrected chi connectivity index (χ1v) is 11.4. The van der Waals surface area contributed by atoms with Crippen LogP contribution in [0.2, 0.25) is 0 Å². The number of thioether (sulfide) groups is 1. The fourth-order valence-corrected chi connectivity index (χ4v) is 4.53. The maximum atomic E-state index is 13.0. The highest BCUT2D eigenvalue weighted by Crippen LogP contribution is 2.37. The van der Waals surface area contributed by atoms with E-state index in [1.165, 1.54) is 6.08 Å². The van der Waals surface area contributed by atoms with Crippen LogP contribution in [-0.4, -0.2) is 47.9 Å². The van der Waals surface area contributed by atoms with Crippen LogP contribution in [0.25, 0.3) is 0 Å². The number of likely N-dealkylation sites (tertiary alicyclic amines) is 1. The Balaban J connectivity index is 1.71. The molecule has 0 bridgehead atoms. The van der Waals surface area contributed by atoms with Gasteiger partial charge in [0.2, 0.25) is 5.91 Å². The molecule has 3 rings (SSSR count). The largest absolute Gasteiger partial charge is 0.508 e. The number of carbonyl (C=O) groups is 3. The van der Waals surface area contributed by atoms with Crippen LogP contribution in [0.15, 0.2) is 72.1 Å². The molecule has 3 atom stereocenters. The molecule has 0 spiro atoms. The zero-order valence-corrected chi connectivity index (χ0v) is 19.5. The summed E-state index contributed by atoms with van der Waals surface area (Å²) in [5.74, 6) is -0.0742. The van der Waals surface area contributed by atoms with E-state index in [9.17, 15) is 14.4 Å². The lowest BCUT2D eigenvalue weighted by atomic mass is 9.81. The van der Waals surface area contributed by atoms with Crippen LogP contribution in [0.4, 0.5) is 4.79 Å². The molecular formula is C25H27NO6S. The van der Waals surface area contributed by atoms with E-state index >= 15 is 0 Å². The molecule has 2 aromatic rings. The zero-order chi connectivity index (χ0) is 23.8. The second-order valence-electron chi connectivity index (χ2n) is 7.57. The molecule has 8 heteroatoms. The molecule has 1 saturated heterocycles. The Bertz CT molecular complexity index is 978. The van der Waals surface area contributed by atoms with E-state index in [2.05, 4.69) is 6.58 Å². The highest BCUT2D eigenvalue weighted by atomic mass is 32.2. The summed E-state index contributed by atoms with van der Waals surface area (Å²) < 4.78 is 15.3. The third-order valence-corrected chi connectivity index (χ3v) is 6.25. The van der Waals surface area contributed by atoms with E-state index in [1.807, 2.05) is 54.6 Å². The van der Waals surface area contributed by atoms with Crippen LogP contribution in [0.1, 0.15) is 18.9 Å². The van der Waals surface area contributed by atoms with Gasteiger partial charge in [-0.2, -0.15) is 0 Å². The third-order valence-electron chi connectivity index (χ3n) is 5.35. The molecular weight excluding hydrogens is 442 g/mol. The number of hydrogen-bond acceptors (Lipinski definition) is 7. The van der Waals surface area contributed by atoms with Gasteiger partial charge in [-0.1, -0.05) is 54.7 Å². The molecule has 1 amide bonds. The van der Waals surface area contributed by atoms with E-state index in [0.717, 1.165) is 28.0 Å². The molecule has 1 fully saturated rings. The Morgan fingerprint density at radius 2 is 1.85 bits per heavy atom. The zero-order valence-electron chi connectivity index (χ0n) is 18.6. The average molecular weight is 470 g/mol. The van der Waals surface area contributed by atoms with Crippen molar-refractivity contribution >= 4 is 28.9 Å². The van der Waals surface area contributed by atoms with Crippen LogP contribution in [0.5, 0.6) is 5.75 Å². The number of nitrogens with zero attached hydrogens (tertiary/aromatic N) is 1. The summed E-state index contributed by atoms with van der Waals surface area (Å²) in [7, 11) is 1.59. The second-order valence-corrected chi connectivity index (χ2v) is 8.70. The molecule has 7 nitrogen and oxygen atoms in total. The summed E-state index contributed by atoms with van der Waals surface area (Å²) >= 11 is 1.14. The maximum Gasteiger partial charge on any atom is 0.508 e. The minimum absolute atomic E-state index is 0.0173. The van der Waals surface area contributed by atoms with Gasteiger partial charge in [0, 0.05) is 17.9 Å². The average Bonchev–Trinajstić information content (AvgIpc) is 2.81. The Morgan fingerprint density at radius 1 is 1.15 bits per heavy atom. The van der Waals surface area contributed by atoms with Crippen molar-refractivity contribution in [2.45, 2.75) is 36.9 Å². The Kier molecular flexibility index (Phi) is 8.54. The Labute approximate surface area is 197 Å². The number of ether oxygens (including phenoxy) is 3. The first-order valence-electron chi connectivity index (χ1n) is 10.6.